The van der Waals surface area contributed by atoms with Crippen molar-refractivity contribution < 1.29 is 4.79 Å². The third-order valence-corrected chi connectivity index (χ3v) is 5.13. The van der Waals surface area contributed by atoms with E-state index in [2.05, 4.69) is 42.4 Å². The molecule has 1 aliphatic heterocycles. The SMILES string of the molecule is C#CCCC(=O)N1CCN(c2cc(Nc3cc(C4CC4)[nH]n3)nc(C)n2)CC1. The number of piperazine rings is 1. The predicted molar refractivity (Wildman–Crippen MR) is 107 cm³/mol. The Kier molecular flexibility index (Phi) is 5.15. The molecular weight excluding hydrogens is 354 g/mol. The Morgan fingerprint density at radius 1 is 1.25 bits per heavy atom. The molecule has 0 atom stereocenters. The summed E-state index contributed by atoms with van der Waals surface area (Å²) in [5.41, 5.74) is 1.18. The van der Waals surface area contributed by atoms with Crippen molar-refractivity contribution in [3.05, 3.63) is 23.7 Å². The van der Waals surface area contributed by atoms with E-state index < -0.39 is 0 Å². The number of carbonyl (C=O) groups is 1. The number of nitrogens with zero attached hydrogens (tertiary/aromatic N) is 5. The molecule has 2 fully saturated rings. The molecule has 2 aliphatic rings. The first-order valence-electron chi connectivity index (χ1n) is 9.76. The van der Waals surface area contributed by atoms with Gasteiger partial charge in [-0.1, -0.05) is 0 Å². The highest BCUT2D eigenvalue weighted by Gasteiger charge is 2.26. The summed E-state index contributed by atoms with van der Waals surface area (Å²) in [6, 6.07) is 3.99. The summed E-state index contributed by atoms with van der Waals surface area (Å²) < 4.78 is 0. The predicted octanol–water partition coefficient (Wildman–Crippen LogP) is 2.19. The Bertz CT molecular complexity index is 888. The lowest BCUT2D eigenvalue weighted by molar-refractivity contribution is -0.131. The molecule has 4 rings (SSSR count). The highest BCUT2D eigenvalue weighted by Crippen LogP contribution is 2.39. The molecule has 0 radical (unpaired) electrons. The van der Waals surface area contributed by atoms with Gasteiger partial charge in [-0.25, -0.2) is 9.97 Å². The number of terminal acetylenes is 1. The summed E-state index contributed by atoms with van der Waals surface area (Å²) in [7, 11) is 0. The van der Waals surface area contributed by atoms with E-state index in [1.807, 2.05) is 17.9 Å². The molecule has 0 aromatic carbocycles. The van der Waals surface area contributed by atoms with E-state index in [9.17, 15) is 4.79 Å². The van der Waals surface area contributed by atoms with Crippen LogP contribution in [0.3, 0.4) is 0 Å². The topological polar surface area (TPSA) is 90.0 Å². The molecule has 28 heavy (non-hydrogen) atoms. The molecule has 0 unspecified atom stereocenters. The molecule has 8 nitrogen and oxygen atoms in total. The highest BCUT2D eigenvalue weighted by atomic mass is 16.2. The van der Waals surface area contributed by atoms with Crippen LogP contribution in [0.5, 0.6) is 0 Å². The monoisotopic (exact) mass is 379 g/mol. The van der Waals surface area contributed by atoms with E-state index in [0.717, 1.165) is 30.5 Å². The number of anilines is 3. The lowest BCUT2D eigenvalue weighted by Gasteiger charge is -2.35. The van der Waals surface area contributed by atoms with Crippen molar-refractivity contribution in [3.63, 3.8) is 0 Å². The summed E-state index contributed by atoms with van der Waals surface area (Å²) in [5, 5.41) is 10.7. The summed E-state index contributed by atoms with van der Waals surface area (Å²) in [4.78, 5) is 25.3. The molecule has 146 valence electrons. The van der Waals surface area contributed by atoms with Crippen LogP contribution in [0.2, 0.25) is 0 Å². The maximum Gasteiger partial charge on any atom is 0.223 e. The van der Waals surface area contributed by atoms with Gasteiger partial charge in [0.15, 0.2) is 5.82 Å². The average molecular weight is 379 g/mol. The molecule has 1 saturated carbocycles. The zero-order chi connectivity index (χ0) is 19.5. The van der Waals surface area contributed by atoms with Gasteiger partial charge in [-0.05, 0) is 19.8 Å². The van der Waals surface area contributed by atoms with Crippen LogP contribution in [0.15, 0.2) is 12.1 Å². The van der Waals surface area contributed by atoms with Gasteiger partial charge in [0.05, 0.1) is 0 Å². The van der Waals surface area contributed by atoms with Gasteiger partial charge in [-0.3, -0.25) is 9.89 Å². The minimum absolute atomic E-state index is 0.129. The molecule has 2 N–H and O–H groups in total. The quantitative estimate of drug-likeness (QED) is 0.748. The van der Waals surface area contributed by atoms with Crippen molar-refractivity contribution in [1.29, 1.82) is 0 Å². The fourth-order valence-corrected chi connectivity index (χ4v) is 3.44. The largest absolute Gasteiger partial charge is 0.353 e. The maximum atomic E-state index is 12.1. The second kappa shape index (κ2) is 7.89. The van der Waals surface area contributed by atoms with E-state index in [0.29, 0.717) is 37.7 Å². The van der Waals surface area contributed by atoms with Gasteiger partial charge in [-0.2, -0.15) is 5.10 Å². The zero-order valence-corrected chi connectivity index (χ0v) is 16.1. The van der Waals surface area contributed by atoms with Crippen LogP contribution >= 0.6 is 0 Å². The first-order valence-corrected chi connectivity index (χ1v) is 9.76. The van der Waals surface area contributed by atoms with Gasteiger partial charge in [-0.15, -0.1) is 12.3 Å². The highest BCUT2D eigenvalue weighted by molar-refractivity contribution is 5.76. The van der Waals surface area contributed by atoms with Crippen molar-refractivity contribution in [2.75, 3.05) is 36.4 Å². The lowest BCUT2D eigenvalue weighted by atomic mass is 10.2. The fraction of sp³-hybridized carbons (Fsp3) is 0.500. The summed E-state index contributed by atoms with van der Waals surface area (Å²) in [6.45, 7) is 4.73. The molecule has 1 saturated heterocycles. The molecule has 2 aromatic rings. The van der Waals surface area contributed by atoms with Crippen LogP contribution in [-0.4, -0.2) is 57.2 Å². The van der Waals surface area contributed by atoms with Crippen LogP contribution in [0, 0.1) is 19.3 Å². The van der Waals surface area contributed by atoms with Gasteiger partial charge >= 0.3 is 0 Å². The van der Waals surface area contributed by atoms with Crippen molar-refractivity contribution >= 4 is 23.4 Å². The average Bonchev–Trinajstić information content (AvgIpc) is 3.45. The number of aromatic nitrogens is 4. The second-order valence-corrected chi connectivity index (χ2v) is 7.34. The zero-order valence-electron chi connectivity index (χ0n) is 16.1. The van der Waals surface area contributed by atoms with Crippen molar-refractivity contribution in [1.82, 2.24) is 25.1 Å². The maximum absolute atomic E-state index is 12.1. The molecule has 1 amide bonds. The molecule has 0 bridgehead atoms. The number of amides is 1. The van der Waals surface area contributed by atoms with Crippen LogP contribution in [0.4, 0.5) is 17.5 Å². The number of hydrogen-bond acceptors (Lipinski definition) is 6. The first-order chi connectivity index (χ1) is 13.6. The number of aromatic amines is 1. The Morgan fingerprint density at radius 3 is 2.75 bits per heavy atom. The lowest BCUT2D eigenvalue weighted by Crippen LogP contribution is -2.49. The van der Waals surface area contributed by atoms with Gasteiger partial charge < -0.3 is 15.1 Å². The Labute approximate surface area is 164 Å². The van der Waals surface area contributed by atoms with E-state index in [1.165, 1.54) is 18.5 Å². The minimum Gasteiger partial charge on any atom is -0.353 e. The Balaban J connectivity index is 1.39. The number of nitrogens with one attached hydrogen (secondary N) is 2. The summed E-state index contributed by atoms with van der Waals surface area (Å²) in [6.07, 6.45) is 8.63. The third-order valence-electron chi connectivity index (χ3n) is 5.13. The van der Waals surface area contributed by atoms with Crippen molar-refractivity contribution in [2.24, 2.45) is 0 Å². The molecule has 1 aliphatic carbocycles. The number of aryl methyl sites for hydroxylation is 1. The molecule has 2 aromatic heterocycles. The fourth-order valence-electron chi connectivity index (χ4n) is 3.44. The first kappa shape index (κ1) is 18.3. The van der Waals surface area contributed by atoms with Crippen LogP contribution in [0.25, 0.3) is 0 Å². The number of rotatable bonds is 6. The van der Waals surface area contributed by atoms with Crippen LogP contribution in [-0.2, 0) is 4.79 Å². The third kappa shape index (κ3) is 4.25. The van der Waals surface area contributed by atoms with Crippen LogP contribution in [0.1, 0.15) is 43.1 Å². The smallest absolute Gasteiger partial charge is 0.223 e. The summed E-state index contributed by atoms with van der Waals surface area (Å²) in [5.74, 6) is 6.35. The van der Waals surface area contributed by atoms with Crippen molar-refractivity contribution in [2.45, 2.75) is 38.5 Å². The second-order valence-electron chi connectivity index (χ2n) is 7.34. The molecule has 0 spiro atoms. The van der Waals surface area contributed by atoms with E-state index in [-0.39, 0.29) is 5.91 Å². The molecular formula is C20H25N7O. The molecule has 8 heteroatoms. The van der Waals surface area contributed by atoms with E-state index >= 15 is 0 Å². The van der Waals surface area contributed by atoms with Crippen LogP contribution < -0.4 is 10.2 Å². The Hall–Kier alpha value is -3.08. The van der Waals surface area contributed by atoms with E-state index in [4.69, 9.17) is 6.42 Å². The Morgan fingerprint density at radius 2 is 2.04 bits per heavy atom. The number of carbonyl (C=O) groups excluding carboxylic acids is 1. The standard InChI is InChI=1S/C20H25N7O/c1-3-4-5-20(28)27-10-8-26(9-11-27)19-13-17(21-14(2)22-19)23-18-12-16(24-25-18)15-6-7-15/h1,12-13,15H,4-11H2,2H3,(H2,21,22,23,24,25). The number of hydrogen-bond donors (Lipinski definition) is 2. The molecule has 3 heterocycles. The number of H-pyrrole nitrogens is 1. The van der Waals surface area contributed by atoms with E-state index in [1.54, 1.807) is 0 Å². The van der Waals surface area contributed by atoms with Gasteiger partial charge in [0.1, 0.15) is 17.5 Å². The van der Waals surface area contributed by atoms with Gasteiger partial charge in [0, 0.05) is 62.8 Å². The minimum atomic E-state index is 0.129. The van der Waals surface area contributed by atoms with Gasteiger partial charge in [0.2, 0.25) is 5.91 Å². The normalized spacial score (nSPS) is 16.7. The van der Waals surface area contributed by atoms with Gasteiger partial charge in [0.25, 0.3) is 0 Å². The summed E-state index contributed by atoms with van der Waals surface area (Å²) >= 11 is 0. The van der Waals surface area contributed by atoms with Crippen molar-refractivity contribution in [3.8, 4) is 12.3 Å².